The van der Waals surface area contributed by atoms with E-state index < -0.39 is 11.6 Å². The molecule has 1 aliphatic rings. The van der Waals surface area contributed by atoms with Gasteiger partial charge in [0.15, 0.2) is 0 Å². The monoisotopic (exact) mass is 413 g/mol. The summed E-state index contributed by atoms with van der Waals surface area (Å²) in [5, 5.41) is 0. The van der Waals surface area contributed by atoms with Crippen molar-refractivity contribution >= 4 is 0 Å². The van der Waals surface area contributed by atoms with Gasteiger partial charge >= 0.3 is 0 Å². The van der Waals surface area contributed by atoms with E-state index in [2.05, 4.69) is 43.0 Å². The predicted octanol–water partition coefficient (Wildman–Crippen LogP) is 7.75. The smallest absolute Gasteiger partial charge is 0.248 e. The molecule has 0 spiro atoms. The molecule has 1 heterocycles. The fraction of sp³-hybridized carbons (Fsp3) is 0.760. The fourth-order valence-corrected chi connectivity index (χ4v) is 4.02. The molecule has 1 saturated heterocycles. The number of piperidine rings is 1. The van der Waals surface area contributed by atoms with Crippen molar-refractivity contribution in [3.8, 4) is 0 Å². The molecule has 0 radical (unpaired) electrons. The molecule has 1 aromatic carbocycles. The van der Waals surface area contributed by atoms with Gasteiger partial charge in [0, 0.05) is 44.3 Å². The number of hydrogen-bond donors (Lipinski definition) is 0. The number of hydrogen-bond acceptors (Lipinski definition) is 1. The van der Waals surface area contributed by atoms with Gasteiger partial charge in [-0.2, -0.15) is 0 Å². The van der Waals surface area contributed by atoms with Gasteiger partial charge in [0.1, 0.15) is 5.67 Å². The Morgan fingerprint density at radius 3 is 2.28 bits per heavy atom. The van der Waals surface area contributed by atoms with Crippen LogP contribution in [0.3, 0.4) is 0 Å². The highest BCUT2D eigenvalue weighted by molar-refractivity contribution is 5.14. The lowest BCUT2D eigenvalue weighted by Gasteiger charge is -2.45. The Hall–Kier alpha value is -1.03. The molecule has 0 amide bonds. The minimum atomic E-state index is -2.44. The van der Waals surface area contributed by atoms with Crippen molar-refractivity contribution in [3.63, 3.8) is 0 Å². The maximum atomic E-state index is 14.8. The summed E-state index contributed by atoms with van der Waals surface area (Å²) in [4.78, 5) is 2.42. The minimum absolute atomic E-state index is 0.0304. The maximum absolute atomic E-state index is 14.8. The van der Waals surface area contributed by atoms with E-state index in [1.807, 2.05) is 19.9 Å². The Kier molecular flexibility index (Phi) is 10.7. The fourth-order valence-electron chi connectivity index (χ4n) is 4.02. The van der Waals surface area contributed by atoms with Crippen LogP contribution in [-0.4, -0.2) is 29.6 Å². The van der Waals surface area contributed by atoms with Gasteiger partial charge in [-0.15, -0.1) is 0 Å². The zero-order valence-corrected chi connectivity index (χ0v) is 19.4. The normalized spacial score (nSPS) is 26.5. The molecular weight excluding hydrogens is 371 g/mol. The van der Waals surface area contributed by atoms with Crippen LogP contribution in [0.2, 0.25) is 0 Å². The van der Waals surface area contributed by atoms with E-state index in [1.54, 1.807) is 6.92 Å². The molecule has 1 fully saturated rings. The highest BCUT2D eigenvalue weighted by Gasteiger charge is 2.44. The van der Waals surface area contributed by atoms with Gasteiger partial charge in [0.2, 0.25) is 5.92 Å². The zero-order valence-electron chi connectivity index (χ0n) is 19.4. The number of benzene rings is 1. The second-order valence-corrected chi connectivity index (χ2v) is 9.14. The van der Waals surface area contributed by atoms with Gasteiger partial charge < -0.3 is 0 Å². The number of alkyl halides is 3. The van der Waals surface area contributed by atoms with E-state index in [0.717, 1.165) is 38.9 Å². The van der Waals surface area contributed by atoms with Crippen LogP contribution in [0.25, 0.3) is 0 Å². The first-order chi connectivity index (χ1) is 13.6. The van der Waals surface area contributed by atoms with Crippen LogP contribution in [-0.2, 0) is 6.54 Å². The third kappa shape index (κ3) is 8.70. The molecule has 0 N–H and O–H groups in total. The summed E-state index contributed by atoms with van der Waals surface area (Å²) >= 11 is 0. The molecular formula is C25H42F3N. The molecule has 0 bridgehead atoms. The van der Waals surface area contributed by atoms with Crippen molar-refractivity contribution < 1.29 is 13.2 Å². The third-order valence-corrected chi connectivity index (χ3v) is 6.52. The molecule has 4 heteroatoms. The van der Waals surface area contributed by atoms with Gasteiger partial charge in [-0.1, -0.05) is 77.8 Å². The van der Waals surface area contributed by atoms with Gasteiger partial charge in [0.05, 0.1) is 0 Å². The van der Waals surface area contributed by atoms with Crippen molar-refractivity contribution in [2.24, 2.45) is 17.8 Å². The molecule has 4 unspecified atom stereocenters. The molecule has 0 saturated carbocycles. The second-order valence-electron chi connectivity index (χ2n) is 9.14. The summed E-state index contributed by atoms with van der Waals surface area (Å²) < 4.78 is 40.0. The van der Waals surface area contributed by atoms with Crippen LogP contribution >= 0.6 is 0 Å². The van der Waals surface area contributed by atoms with E-state index in [0.29, 0.717) is 0 Å². The Balaban J connectivity index is 0.000000359. The minimum Gasteiger partial charge on any atom is -0.298 e. The lowest BCUT2D eigenvalue weighted by atomic mass is 9.75. The van der Waals surface area contributed by atoms with Crippen LogP contribution in [0.5, 0.6) is 0 Å². The summed E-state index contributed by atoms with van der Waals surface area (Å²) in [6, 6.07) is 10.5. The van der Waals surface area contributed by atoms with E-state index in [4.69, 9.17) is 0 Å². The van der Waals surface area contributed by atoms with E-state index >= 15 is 0 Å². The summed E-state index contributed by atoms with van der Waals surface area (Å²) in [7, 11) is 0. The second kappa shape index (κ2) is 12.0. The molecule has 2 rings (SSSR count). The van der Waals surface area contributed by atoms with Crippen molar-refractivity contribution in [2.45, 2.75) is 91.8 Å². The first-order valence-corrected chi connectivity index (χ1v) is 11.4. The SMILES string of the molecule is CCC(C)CC(F)(F)CC.CCCC1CN(Cc2ccccc2)CC(C)C1(C)F. The first kappa shape index (κ1) is 26.0. The molecule has 1 aromatic rings. The number of rotatable bonds is 8. The standard InChI is InChI=1S/C17H26FN.C8H16F2/c1-4-8-16-13-19(11-14(2)17(16,3)18)12-15-9-6-5-7-10-15;1-4-7(3)6-8(9,10)5-2/h5-7,9-10,14,16H,4,8,11-13H2,1-3H3;7H,4-6H2,1-3H3. The van der Waals surface area contributed by atoms with Crippen LogP contribution < -0.4 is 0 Å². The molecule has 29 heavy (non-hydrogen) atoms. The summed E-state index contributed by atoms with van der Waals surface area (Å²) in [5.74, 6) is -2.00. The average molecular weight is 414 g/mol. The van der Waals surface area contributed by atoms with Crippen molar-refractivity contribution in [3.05, 3.63) is 35.9 Å². The molecule has 0 aliphatic carbocycles. The lowest BCUT2D eigenvalue weighted by Crippen LogP contribution is -2.52. The summed E-state index contributed by atoms with van der Waals surface area (Å²) in [6.07, 6.45) is 2.91. The van der Waals surface area contributed by atoms with Gasteiger partial charge in [0.25, 0.3) is 0 Å². The number of nitrogens with zero attached hydrogens (tertiary/aromatic N) is 1. The zero-order chi connectivity index (χ0) is 22.1. The Labute approximate surface area is 177 Å². The number of likely N-dealkylation sites (tertiary alicyclic amines) is 1. The molecule has 4 atom stereocenters. The predicted molar refractivity (Wildman–Crippen MR) is 118 cm³/mol. The molecule has 1 nitrogen and oxygen atoms in total. The summed E-state index contributed by atoms with van der Waals surface area (Å²) in [6.45, 7) is 14.0. The van der Waals surface area contributed by atoms with Gasteiger partial charge in [-0.3, -0.25) is 4.90 Å². The Bertz CT molecular complexity index is 558. The van der Waals surface area contributed by atoms with Crippen molar-refractivity contribution in [1.82, 2.24) is 4.90 Å². The van der Waals surface area contributed by atoms with Crippen LogP contribution in [0.4, 0.5) is 13.2 Å². The molecule has 168 valence electrons. The topological polar surface area (TPSA) is 3.24 Å². The molecule has 1 aliphatic heterocycles. The van der Waals surface area contributed by atoms with E-state index in [9.17, 15) is 13.2 Å². The largest absolute Gasteiger partial charge is 0.298 e. The van der Waals surface area contributed by atoms with Crippen LogP contribution in [0.1, 0.15) is 79.2 Å². The molecule has 0 aromatic heterocycles. The van der Waals surface area contributed by atoms with Crippen LogP contribution in [0.15, 0.2) is 30.3 Å². The maximum Gasteiger partial charge on any atom is 0.248 e. The average Bonchev–Trinajstić information content (AvgIpc) is 2.67. The van der Waals surface area contributed by atoms with E-state index in [1.165, 1.54) is 12.5 Å². The van der Waals surface area contributed by atoms with Crippen LogP contribution in [0, 0.1) is 17.8 Å². The Morgan fingerprint density at radius 1 is 1.14 bits per heavy atom. The van der Waals surface area contributed by atoms with Gasteiger partial charge in [-0.05, 0) is 24.8 Å². The number of halogens is 3. The van der Waals surface area contributed by atoms with Gasteiger partial charge in [-0.25, -0.2) is 13.2 Å². The highest BCUT2D eigenvalue weighted by atomic mass is 19.3. The summed E-state index contributed by atoms with van der Waals surface area (Å²) in [5.41, 5.74) is 0.316. The lowest BCUT2D eigenvalue weighted by molar-refractivity contribution is -0.0416. The van der Waals surface area contributed by atoms with Crippen molar-refractivity contribution in [2.75, 3.05) is 13.1 Å². The third-order valence-electron chi connectivity index (χ3n) is 6.52. The quantitative estimate of drug-likeness (QED) is 0.421. The van der Waals surface area contributed by atoms with E-state index in [-0.39, 0.29) is 30.6 Å². The highest BCUT2D eigenvalue weighted by Crippen LogP contribution is 2.38. The first-order valence-electron chi connectivity index (χ1n) is 11.4. The Morgan fingerprint density at radius 2 is 1.76 bits per heavy atom. The van der Waals surface area contributed by atoms with Crippen molar-refractivity contribution in [1.29, 1.82) is 0 Å².